The van der Waals surface area contributed by atoms with E-state index < -0.39 is 19.8 Å². The van der Waals surface area contributed by atoms with Crippen molar-refractivity contribution in [2.24, 2.45) is 0 Å². The largest absolute Gasteiger partial charge is 0.470 e. The van der Waals surface area contributed by atoms with Crippen LogP contribution in [0.25, 0.3) is 11.3 Å². The van der Waals surface area contributed by atoms with Crippen molar-refractivity contribution in [3.63, 3.8) is 0 Å². The molecule has 6 nitrogen and oxygen atoms in total. The number of nitrogens with two attached hydrogens (primary N) is 1. The quantitative estimate of drug-likeness (QED) is 0.197. The number of halogens is 3. The van der Waals surface area contributed by atoms with E-state index in [1.165, 1.54) is 6.20 Å². The van der Waals surface area contributed by atoms with Gasteiger partial charge in [0.15, 0.2) is 12.6 Å². The van der Waals surface area contributed by atoms with Crippen LogP contribution in [-0.4, -0.2) is 31.4 Å². The van der Waals surface area contributed by atoms with E-state index in [4.69, 9.17) is 19.9 Å². The van der Waals surface area contributed by atoms with Crippen LogP contribution in [0.15, 0.2) is 48.7 Å². The van der Waals surface area contributed by atoms with Crippen LogP contribution >= 0.6 is 0 Å². The van der Waals surface area contributed by atoms with Gasteiger partial charge in [0.2, 0.25) is 0 Å². The molecule has 2 aromatic carbocycles. The maximum Gasteiger partial charge on any atom is 0.416 e. The Kier molecular flexibility index (Phi) is 8.39. The Labute approximate surface area is 204 Å². The van der Waals surface area contributed by atoms with Crippen molar-refractivity contribution >= 4 is 13.9 Å². The van der Waals surface area contributed by atoms with Crippen LogP contribution in [0.2, 0.25) is 25.7 Å². The van der Waals surface area contributed by atoms with Gasteiger partial charge >= 0.3 is 6.18 Å². The molecule has 0 atom stereocenters. The lowest BCUT2D eigenvalue weighted by molar-refractivity contribution is -0.137. The lowest BCUT2D eigenvalue weighted by atomic mass is 10.0. The monoisotopic (exact) mass is 505 g/mol. The summed E-state index contributed by atoms with van der Waals surface area (Å²) in [7, 11) is -1.31. The van der Waals surface area contributed by atoms with E-state index >= 15 is 0 Å². The number of aryl methyl sites for hydroxylation is 1. The second-order valence-electron chi connectivity index (χ2n) is 9.37. The summed E-state index contributed by atoms with van der Waals surface area (Å²) in [6.07, 6.45) is -3.12. The molecular formula is C25H30F3N3O3Si. The third-order valence-corrected chi connectivity index (χ3v) is 6.86. The van der Waals surface area contributed by atoms with Crippen molar-refractivity contribution in [2.45, 2.75) is 45.4 Å². The minimum atomic E-state index is -4.53. The number of nitrogens with zero attached hydrogens (tertiary/aromatic N) is 2. The molecule has 1 aromatic heterocycles. The Morgan fingerprint density at radius 2 is 1.74 bits per heavy atom. The van der Waals surface area contributed by atoms with Gasteiger partial charge in [-0.25, -0.2) is 9.97 Å². The minimum Gasteiger partial charge on any atom is -0.470 e. The smallest absolute Gasteiger partial charge is 0.416 e. The summed E-state index contributed by atoms with van der Waals surface area (Å²) >= 11 is 0. The van der Waals surface area contributed by atoms with Crippen LogP contribution in [-0.2, 0) is 17.5 Å². The van der Waals surface area contributed by atoms with Crippen molar-refractivity contribution < 1.29 is 27.4 Å². The predicted octanol–water partition coefficient (Wildman–Crippen LogP) is 6.32. The first kappa shape index (κ1) is 26.5. The zero-order valence-corrected chi connectivity index (χ0v) is 21.3. The van der Waals surface area contributed by atoms with Crippen molar-refractivity contribution in [1.29, 1.82) is 0 Å². The van der Waals surface area contributed by atoms with Crippen molar-refractivity contribution in [2.75, 3.05) is 19.1 Å². The van der Waals surface area contributed by atoms with Crippen LogP contribution in [0.3, 0.4) is 0 Å². The van der Waals surface area contributed by atoms with E-state index in [1.807, 2.05) is 30.3 Å². The zero-order valence-electron chi connectivity index (χ0n) is 20.3. The number of anilines is 1. The van der Waals surface area contributed by atoms with Gasteiger partial charge < -0.3 is 19.9 Å². The molecule has 0 aliphatic carbocycles. The fourth-order valence-corrected chi connectivity index (χ4v) is 4.01. The third kappa shape index (κ3) is 7.69. The summed E-state index contributed by atoms with van der Waals surface area (Å²) in [4.78, 5) is 8.59. The maximum atomic E-state index is 13.5. The molecular weight excluding hydrogens is 475 g/mol. The predicted molar refractivity (Wildman–Crippen MR) is 132 cm³/mol. The molecule has 0 unspecified atom stereocenters. The van der Waals surface area contributed by atoms with Gasteiger partial charge in [0.05, 0.1) is 17.5 Å². The van der Waals surface area contributed by atoms with E-state index in [-0.39, 0.29) is 36.5 Å². The molecule has 0 aliphatic rings. The molecule has 0 saturated heterocycles. The number of hydrogen-bond acceptors (Lipinski definition) is 6. The van der Waals surface area contributed by atoms with Crippen LogP contribution in [0.1, 0.15) is 16.7 Å². The van der Waals surface area contributed by atoms with Crippen molar-refractivity contribution in [1.82, 2.24) is 9.97 Å². The van der Waals surface area contributed by atoms with Gasteiger partial charge in [0, 0.05) is 20.2 Å². The van der Waals surface area contributed by atoms with E-state index in [1.54, 1.807) is 6.92 Å². The fourth-order valence-electron chi connectivity index (χ4n) is 3.25. The second-order valence-corrected chi connectivity index (χ2v) is 15.0. The Morgan fingerprint density at radius 1 is 1.03 bits per heavy atom. The molecule has 0 saturated carbocycles. The molecule has 0 bridgehead atoms. The highest BCUT2D eigenvalue weighted by atomic mass is 28.3. The van der Waals surface area contributed by atoms with E-state index in [0.29, 0.717) is 17.7 Å². The molecule has 2 N–H and O–H groups in total. The van der Waals surface area contributed by atoms with Crippen LogP contribution in [0, 0.1) is 6.92 Å². The summed E-state index contributed by atoms with van der Waals surface area (Å²) in [5.41, 5.74) is 7.13. The number of alkyl halides is 3. The van der Waals surface area contributed by atoms with Crippen molar-refractivity contribution in [3.05, 3.63) is 65.4 Å². The first-order valence-electron chi connectivity index (χ1n) is 11.2. The molecule has 0 spiro atoms. The number of aromatic nitrogens is 2. The molecule has 0 radical (unpaired) electrons. The summed E-state index contributed by atoms with van der Waals surface area (Å²) in [6, 6.07) is 12.4. The average molecular weight is 506 g/mol. The fraction of sp³-hybridized carbons (Fsp3) is 0.360. The summed E-state index contributed by atoms with van der Waals surface area (Å²) in [5.74, 6) is 0.159. The molecule has 1 heterocycles. The normalized spacial score (nSPS) is 12.0. The molecule has 0 fully saturated rings. The Bertz CT molecular complexity index is 1140. The van der Waals surface area contributed by atoms with Gasteiger partial charge in [0.25, 0.3) is 5.88 Å². The number of benzene rings is 2. The van der Waals surface area contributed by atoms with Gasteiger partial charge in [-0.15, -0.1) is 0 Å². The van der Waals surface area contributed by atoms with Crippen LogP contribution in [0.5, 0.6) is 11.6 Å². The highest BCUT2D eigenvalue weighted by molar-refractivity contribution is 6.76. The number of ether oxygens (including phenoxy) is 3. The molecule has 3 aromatic rings. The summed E-state index contributed by atoms with van der Waals surface area (Å²) in [5, 5.41) is 0. The zero-order chi connectivity index (χ0) is 25.6. The molecule has 0 aliphatic heterocycles. The first-order valence-corrected chi connectivity index (χ1v) is 14.9. The van der Waals surface area contributed by atoms with Gasteiger partial charge in [-0.1, -0.05) is 50.0 Å². The average Bonchev–Trinajstić information content (AvgIpc) is 2.77. The highest BCUT2D eigenvalue weighted by Crippen LogP contribution is 2.39. The topological polar surface area (TPSA) is 79.5 Å². The molecule has 0 amide bonds. The number of rotatable bonds is 10. The van der Waals surface area contributed by atoms with Crippen LogP contribution in [0.4, 0.5) is 19.0 Å². The summed E-state index contributed by atoms with van der Waals surface area (Å²) < 4.78 is 57.2. The number of hydrogen-bond donors (Lipinski definition) is 1. The Morgan fingerprint density at radius 3 is 2.37 bits per heavy atom. The molecule has 35 heavy (non-hydrogen) atoms. The SMILES string of the molecule is Cc1cc(C(F)(F)F)cc(OCOCC[Si](C)(C)C)c1-c1cnc(OCc2ccccc2)c(N)n1. The van der Waals surface area contributed by atoms with E-state index in [2.05, 4.69) is 29.6 Å². The van der Waals surface area contributed by atoms with Crippen LogP contribution < -0.4 is 15.2 Å². The molecule has 3 rings (SSSR count). The Hall–Kier alpha value is -3.11. The molecule has 10 heteroatoms. The van der Waals surface area contributed by atoms with Gasteiger partial charge in [-0.05, 0) is 36.2 Å². The number of nitrogen functional groups attached to an aromatic ring is 1. The standard InChI is InChI=1S/C25H30F3N3O3Si/c1-17-12-19(25(26,27)28)13-21(34-16-32-10-11-35(2,3)4)22(17)20-14-30-24(23(29)31-20)33-15-18-8-6-5-7-9-18/h5-9,12-14H,10-11,15-16H2,1-4H3,(H2,29,31). The highest BCUT2D eigenvalue weighted by Gasteiger charge is 2.32. The third-order valence-electron chi connectivity index (χ3n) is 5.16. The molecule has 188 valence electrons. The van der Waals surface area contributed by atoms with Gasteiger partial charge in [-0.2, -0.15) is 13.2 Å². The van der Waals surface area contributed by atoms with E-state index in [0.717, 1.165) is 23.7 Å². The van der Waals surface area contributed by atoms with Gasteiger partial charge in [0.1, 0.15) is 12.4 Å². The summed E-state index contributed by atoms with van der Waals surface area (Å²) in [6.45, 7) is 8.73. The minimum absolute atomic E-state index is 0.00279. The second kappa shape index (κ2) is 11.1. The van der Waals surface area contributed by atoms with E-state index in [9.17, 15) is 13.2 Å². The first-order chi connectivity index (χ1) is 16.4. The Balaban J connectivity index is 1.84. The van der Waals surface area contributed by atoms with Gasteiger partial charge in [-0.3, -0.25) is 0 Å². The lowest BCUT2D eigenvalue weighted by Gasteiger charge is -2.19. The maximum absolute atomic E-state index is 13.5. The van der Waals surface area contributed by atoms with Crippen molar-refractivity contribution in [3.8, 4) is 22.9 Å². The lowest BCUT2D eigenvalue weighted by Crippen LogP contribution is -2.22.